The van der Waals surface area contributed by atoms with Crippen LogP contribution in [0.5, 0.6) is 5.75 Å². The summed E-state index contributed by atoms with van der Waals surface area (Å²) >= 11 is 0. The standard InChI is InChI=1S/C17H21NO2/c19-10-3-11-20-17-9-6-13-4-1-2-5-15(13)16(17)12-18-14-7-8-14/h1-2,4-6,9,14,18-19H,3,7-8,10-12H2. The highest BCUT2D eigenvalue weighted by atomic mass is 16.5. The Hall–Kier alpha value is -1.58. The fourth-order valence-corrected chi connectivity index (χ4v) is 2.41. The monoisotopic (exact) mass is 271 g/mol. The van der Waals surface area contributed by atoms with Crippen molar-refractivity contribution < 1.29 is 9.84 Å². The van der Waals surface area contributed by atoms with E-state index in [0.717, 1.165) is 12.3 Å². The van der Waals surface area contributed by atoms with Crippen LogP contribution in [-0.2, 0) is 6.54 Å². The highest BCUT2D eigenvalue weighted by molar-refractivity contribution is 5.87. The Balaban J connectivity index is 1.87. The third-order valence-electron chi connectivity index (χ3n) is 3.70. The minimum Gasteiger partial charge on any atom is -0.493 e. The van der Waals surface area contributed by atoms with E-state index in [4.69, 9.17) is 9.84 Å². The molecule has 20 heavy (non-hydrogen) atoms. The molecule has 0 aromatic heterocycles. The van der Waals surface area contributed by atoms with Crippen LogP contribution in [0.25, 0.3) is 10.8 Å². The number of nitrogens with one attached hydrogen (secondary N) is 1. The molecule has 0 aliphatic heterocycles. The highest BCUT2D eigenvalue weighted by Gasteiger charge is 2.21. The smallest absolute Gasteiger partial charge is 0.124 e. The summed E-state index contributed by atoms with van der Waals surface area (Å²) in [5.41, 5.74) is 1.23. The molecule has 0 atom stereocenters. The summed E-state index contributed by atoms with van der Waals surface area (Å²) in [5.74, 6) is 0.935. The second-order valence-corrected chi connectivity index (χ2v) is 5.34. The Morgan fingerprint density at radius 3 is 2.80 bits per heavy atom. The molecular weight excluding hydrogens is 250 g/mol. The largest absolute Gasteiger partial charge is 0.493 e. The van der Waals surface area contributed by atoms with E-state index in [1.165, 1.54) is 29.2 Å². The van der Waals surface area contributed by atoms with E-state index in [1.54, 1.807) is 0 Å². The van der Waals surface area contributed by atoms with Crippen LogP contribution in [0.1, 0.15) is 24.8 Å². The topological polar surface area (TPSA) is 41.5 Å². The molecule has 1 aliphatic carbocycles. The predicted molar refractivity (Wildman–Crippen MR) is 81.0 cm³/mol. The van der Waals surface area contributed by atoms with Gasteiger partial charge in [-0.15, -0.1) is 0 Å². The van der Waals surface area contributed by atoms with Crippen LogP contribution in [0.2, 0.25) is 0 Å². The van der Waals surface area contributed by atoms with E-state index in [1.807, 2.05) is 6.07 Å². The maximum Gasteiger partial charge on any atom is 0.124 e. The lowest BCUT2D eigenvalue weighted by Gasteiger charge is -2.14. The van der Waals surface area contributed by atoms with Gasteiger partial charge in [0.2, 0.25) is 0 Å². The van der Waals surface area contributed by atoms with Gasteiger partial charge in [-0.3, -0.25) is 0 Å². The molecule has 1 fully saturated rings. The van der Waals surface area contributed by atoms with Crippen molar-refractivity contribution in [2.45, 2.75) is 31.8 Å². The molecule has 0 amide bonds. The normalized spacial score (nSPS) is 14.7. The van der Waals surface area contributed by atoms with Gasteiger partial charge >= 0.3 is 0 Å². The zero-order chi connectivity index (χ0) is 13.8. The number of rotatable bonds is 7. The van der Waals surface area contributed by atoms with E-state index in [2.05, 4.69) is 35.6 Å². The molecule has 2 aromatic carbocycles. The van der Waals surface area contributed by atoms with Crippen LogP contribution >= 0.6 is 0 Å². The summed E-state index contributed by atoms with van der Waals surface area (Å²) in [7, 11) is 0. The minimum atomic E-state index is 0.170. The lowest BCUT2D eigenvalue weighted by Crippen LogP contribution is -2.16. The van der Waals surface area contributed by atoms with Crippen molar-refractivity contribution in [2.24, 2.45) is 0 Å². The molecule has 0 heterocycles. The molecular formula is C17H21NO2. The van der Waals surface area contributed by atoms with Crippen LogP contribution in [0.4, 0.5) is 0 Å². The van der Waals surface area contributed by atoms with Crippen molar-refractivity contribution in [1.29, 1.82) is 0 Å². The van der Waals surface area contributed by atoms with Gasteiger partial charge in [-0.1, -0.05) is 30.3 Å². The van der Waals surface area contributed by atoms with Gasteiger partial charge in [0.25, 0.3) is 0 Å². The molecule has 2 aromatic rings. The first-order chi connectivity index (χ1) is 9.88. The number of benzene rings is 2. The molecule has 0 spiro atoms. The Labute approximate surface area is 119 Å². The van der Waals surface area contributed by atoms with E-state index in [9.17, 15) is 0 Å². The molecule has 0 bridgehead atoms. The lowest BCUT2D eigenvalue weighted by molar-refractivity contribution is 0.232. The van der Waals surface area contributed by atoms with Crippen molar-refractivity contribution in [3.63, 3.8) is 0 Å². The first-order valence-corrected chi connectivity index (χ1v) is 7.36. The molecule has 3 nitrogen and oxygen atoms in total. The van der Waals surface area contributed by atoms with E-state index < -0.39 is 0 Å². The molecule has 106 valence electrons. The SMILES string of the molecule is OCCCOc1ccc2ccccc2c1CNC1CC1. The third-order valence-corrected chi connectivity index (χ3v) is 3.70. The Kier molecular flexibility index (Phi) is 4.19. The first-order valence-electron chi connectivity index (χ1n) is 7.36. The average molecular weight is 271 g/mol. The van der Waals surface area contributed by atoms with Gasteiger partial charge in [0.05, 0.1) is 6.61 Å². The highest BCUT2D eigenvalue weighted by Crippen LogP contribution is 2.29. The van der Waals surface area contributed by atoms with Gasteiger partial charge < -0.3 is 15.2 Å². The number of hydrogen-bond donors (Lipinski definition) is 2. The first kappa shape index (κ1) is 13.4. The van der Waals surface area contributed by atoms with Gasteiger partial charge in [0, 0.05) is 31.2 Å². The summed E-state index contributed by atoms with van der Waals surface area (Å²) in [5, 5.41) is 14.9. The third kappa shape index (κ3) is 3.11. The van der Waals surface area contributed by atoms with E-state index >= 15 is 0 Å². The van der Waals surface area contributed by atoms with E-state index in [0.29, 0.717) is 19.1 Å². The molecule has 0 radical (unpaired) electrons. The van der Waals surface area contributed by atoms with Gasteiger partial charge in [-0.2, -0.15) is 0 Å². The van der Waals surface area contributed by atoms with Crippen LogP contribution in [0.15, 0.2) is 36.4 Å². The fraction of sp³-hybridized carbons (Fsp3) is 0.412. The second kappa shape index (κ2) is 6.25. The van der Waals surface area contributed by atoms with Crippen molar-refractivity contribution in [3.8, 4) is 5.75 Å². The molecule has 0 unspecified atom stereocenters. The number of aliphatic hydroxyl groups excluding tert-OH is 1. The lowest BCUT2D eigenvalue weighted by atomic mass is 10.0. The van der Waals surface area contributed by atoms with Crippen LogP contribution in [0, 0.1) is 0 Å². The molecule has 3 rings (SSSR count). The van der Waals surface area contributed by atoms with Crippen LogP contribution < -0.4 is 10.1 Å². The van der Waals surface area contributed by atoms with Crippen LogP contribution in [0.3, 0.4) is 0 Å². The van der Waals surface area contributed by atoms with Crippen LogP contribution in [-0.4, -0.2) is 24.4 Å². The maximum absolute atomic E-state index is 8.88. The number of fused-ring (bicyclic) bond motifs is 1. The van der Waals surface area contributed by atoms with Gasteiger partial charge in [-0.25, -0.2) is 0 Å². The van der Waals surface area contributed by atoms with Crippen molar-refractivity contribution in [1.82, 2.24) is 5.32 Å². The Morgan fingerprint density at radius 2 is 2.00 bits per heavy atom. The Morgan fingerprint density at radius 1 is 1.15 bits per heavy atom. The molecule has 1 saturated carbocycles. The average Bonchev–Trinajstić information content (AvgIpc) is 3.30. The number of ether oxygens (including phenoxy) is 1. The summed E-state index contributed by atoms with van der Waals surface area (Å²) in [6.07, 6.45) is 3.24. The zero-order valence-electron chi connectivity index (χ0n) is 11.6. The molecule has 2 N–H and O–H groups in total. The second-order valence-electron chi connectivity index (χ2n) is 5.34. The van der Waals surface area contributed by atoms with Gasteiger partial charge in [-0.05, 0) is 29.7 Å². The van der Waals surface area contributed by atoms with Gasteiger partial charge in [0.1, 0.15) is 5.75 Å². The zero-order valence-corrected chi connectivity index (χ0v) is 11.6. The Bertz CT molecular complexity index is 578. The summed E-state index contributed by atoms with van der Waals surface area (Å²) in [6.45, 7) is 1.58. The molecule has 3 heteroatoms. The fourth-order valence-electron chi connectivity index (χ4n) is 2.41. The number of hydrogen-bond acceptors (Lipinski definition) is 3. The minimum absolute atomic E-state index is 0.170. The van der Waals surface area contributed by atoms with Crippen molar-refractivity contribution >= 4 is 10.8 Å². The predicted octanol–water partition coefficient (Wildman–Crippen LogP) is 2.85. The van der Waals surface area contributed by atoms with E-state index in [-0.39, 0.29) is 6.61 Å². The van der Waals surface area contributed by atoms with Crippen molar-refractivity contribution in [3.05, 3.63) is 42.0 Å². The maximum atomic E-state index is 8.88. The summed E-state index contributed by atoms with van der Waals surface area (Å²) in [4.78, 5) is 0. The quantitative estimate of drug-likeness (QED) is 0.761. The summed E-state index contributed by atoms with van der Waals surface area (Å²) < 4.78 is 5.84. The van der Waals surface area contributed by atoms with Crippen molar-refractivity contribution in [2.75, 3.05) is 13.2 Å². The number of aliphatic hydroxyl groups is 1. The van der Waals surface area contributed by atoms with Gasteiger partial charge in [0.15, 0.2) is 0 Å². The molecule has 1 aliphatic rings. The summed E-state index contributed by atoms with van der Waals surface area (Å²) in [6, 6.07) is 13.2. The molecule has 0 saturated heterocycles.